The van der Waals surface area contributed by atoms with E-state index in [1.54, 1.807) is 18.2 Å². The van der Waals surface area contributed by atoms with E-state index in [0.717, 1.165) is 0 Å². The van der Waals surface area contributed by atoms with Crippen molar-refractivity contribution >= 4 is 5.69 Å². The molecule has 0 bridgehead atoms. The van der Waals surface area contributed by atoms with Gasteiger partial charge in [-0.05, 0) is 35.9 Å². The molecule has 20 heavy (non-hydrogen) atoms. The van der Waals surface area contributed by atoms with Crippen LogP contribution in [0.15, 0.2) is 36.4 Å². The zero-order valence-corrected chi connectivity index (χ0v) is 11.3. The van der Waals surface area contributed by atoms with Gasteiger partial charge >= 0.3 is 0 Å². The van der Waals surface area contributed by atoms with E-state index in [1.165, 1.54) is 32.4 Å². The van der Waals surface area contributed by atoms with E-state index in [4.69, 9.17) is 15.2 Å². The van der Waals surface area contributed by atoms with Gasteiger partial charge < -0.3 is 20.3 Å². The molecule has 0 saturated heterocycles. The molecule has 0 amide bonds. The van der Waals surface area contributed by atoms with Gasteiger partial charge in [-0.15, -0.1) is 0 Å². The summed E-state index contributed by atoms with van der Waals surface area (Å²) < 4.78 is 23.6. The van der Waals surface area contributed by atoms with E-state index >= 15 is 0 Å². The average Bonchev–Trinajstić information content (AvgIpc) is 2.48. The zero-order valence-electron chi connectivity index (χ0n) is 11.3. The SMILES string of the molecule is COc1cc(OC)cc(C(O)c2cc(F)ccc2N)c1. The number of ether oxygens (including phenoxy) is 2. The van der Waals surface area contributed by atoms with Gasteiger partial charge in [0.2, 0.25) is 0 Å². The Balaban J connectivity index is 2.46. The fourth-order valence-electron chi connectivity index (χ4n) is 1.95. The Bertz CT molecular complexity index is 594. The monoisotopic (exact) mass is 277 g/mol. The second-order valence-corrected chi connectivity index (χ2v) is 4.32. The highest BCUT2D eigenvalue weighted by Crippen LogP contribution is 2.32. The van der Waals surface area contributed by atoms with Gasteiger partial charge in [-0.25, -0.2) is 4.39 Å². The van der Waals surface area contributed by atoms with E-state index in [-0.39, 0.29) is 0 Å². The highest BCUT2D eigenvalue weighted by Gasteiger charge is 2.16. The van der Waals surface area contributed by atoms with Crippen LogP contribution in [-0.4, -0.2) is 19.3 Å². The molecular weight excluding hydrogens is 261 g/mol. The van der Waals surface area contributed by atoms with Crippen LogP contribution in [0, 0.1) is 5.82 Å². The molecule has 5 heteroatoms. The van der Waals surface area contributed by atoms with E-state index in [1.807, 2.05) is 0 Å². The number of nitrogens with two attached hydrogens (primary N) is 1. The standard InChI is InChI=1S/C15H16FNO3/c1-19-11-5-9(6-12(8-11)20-2)15(18)13-7-10(16)3-4-14(13)17/h3-8,15,18H,17H2,1-2H3. The number of methoxy groups -OCH3 is 2. The second kappa shape index (κ2) is 5.79. The Labute approximate surface area is 116 Å². The molecule has 1 unspecified atom stereocenters. The predicted octanol–water partition coefficient (Wildman–Crippen LogP) is 2.51. The highest BCUT2D eigenvalue weighted by atomic mass is 19.1. The van der Waals surface area contributed by atoms with Crippen LogP contribution in [0.4, 0.5) is 10.1 Å². The molecule has 0 spiro atoms. The van der Waals surface area contributed by atoms with Crippen LogP contribution in [0.3, 0.4) is 0 Å². The molecule has 0 heterocycles. The van der Waals surface area contributed by atoms with Gasteiger partial charge in [-0.1, -0.05) is 0 Å². The molecule has 2 rings (SSSR count). The maximum Gasteiger partial charge on any atom is 0.123 e. The van der Waals surface area contributed by atoms with Crippen molar-refractivity contribution in [2.75, 3.05) is 20.0 Å². The van der Waals surface area contributed by atoms with Crippen LogP contribution >= 0.6 is 0 Å². The second-order valence-electron chi connectivity index (χ2n) is 4.32. The largest absolute Gasteiger partial charge is 0.497 e. The van der Waals surface area contributed by atoms with Gasteiger partial charge in [0.25, 0.3) is 0 Å². The predicted molar refractivity (Wildman–Crippen MR) is 74.4 cm³/mol. The van der Waals surface area contributed by atoms with Crippen molar-refractivity contribution in [3.05, 3.63) is 53.3 Å². The van der Waals surface area contributed by atoms with Gasteiger partial charge in [0, 0.05) is 17.3 Å². The molecule has 4 nitrogen and oxygen atoms in total. The van der Waals surface area contributed by atoms with E-state index in [2.05, 4.69) is 0 Å². The van der Waals surface area contributed by atoms with Crippen molar-refractivity contribution in [2.24, 2.45) is 0 Å². The number of halogens is 1. The maximum atomic E-state index is 13.3. The summed E-state index contributed by atoms with van der Waals surface area (Å²) in [5.41, 5.74) is 6.92. The number of hydrogen-bond acceptors (Lipinski definition) is 4. The van der Waals surface area contributed by atoms with Gasteiger partial charge in [-0.2, -0.15) is 0 Å². The minimum absolute atomic E-state index is 0.306. The summed E-state index contributed by atoms with van der Waals surface area (Å²) >= 11 is 0. The summed E-state index contributed by atoms with van der Waals surface area (Å²) in [6.07, 6.45) is -1.06. The van der Waals surface area contributed by atoms with E-state index < -0.39 is 11.9 Å². The lowest BCUT2D eigenvalue weighted by Crippen LogP contribution is -2.05. The first kappa shape index (κ1) is 14.1. The van der Waals surface area contributed by atoms with Crippen LogP contribution in [-0.2, 0) is 0 Å². The van der Waals surface area contributed by atoms with Gasteiger partial charge in [0.05, 0.1) is 14.2 Å². The number of aliphatic hydroxyl groups excluding tert-OH is 1. The molecular formula is C15H16FNO3. The van der Waals surface area contributed by atoms with Crippen molar-refractivity contribution < 1.29 is 19.0 Å². The van der Waals surface area contributed by atoms with Crippen molar-refractivity contribution in [1.82, 2.24) is 0 Å². The van der Waals surface area contributed by atoms with Crippen LogP contribution in [0.2, 0.25) is 0 Å². The minimum Gasteiger partial charge on any atom is -0.497 e. The average molecular weight is 277 g/mol. The van der Waals surface area contributed by atoms with Gasteiger partial charge in [0.1, 0.15) is 23.4 Å². The zero-order chi connectivity index (χ0) is 14.7. The number of rotatable bonds is 4. The molecule has 2 aromatic rings. The molecule has 0 radical (unpaired) electrons. The molecule has 0 aliphatic rings. The van der Waals surface area contributed by atoms with Gasteiger partial charge in [0.15, 0.2) is 0 Å². The topological polar surface area (TPSA) is 64.7 Å². The molecule has 3 N–H and O–H groups in total. The van der Waals surface area contributed by atoms with E-state index in [0.29, 0.717) is 28.3 Å². The summed E-state index contributed by atoms with van der Waals surface area (Å²) in [5.74, 6) is 0.616. The number of nitrogen functional groups attached to an aromatic ring is 1. The first-order valence-corrected chi connectivity index (χ1v) is 6.01. The fraction of sp³-hybridized carbons (Fsp3) is 0.200. The van der Waals surface area contributed by atoms with E-state index in [9.17, 15) is 9.50 Å². The summed E-state index contributed by atoms with van der Waals surface area (Å²) in [7, 11) is 3.03. The smallest absolute Gasteiger partial charge is 0.123 e. The van der Waals surface area contributed by atoms with Crippen LogP contribution in [0.5, 0.6) is 11.5 Å². The number of benzene rings is 2. The lowest BCUT2D eigenvalue weighted by atomic mass is 9.99. The Morgan fingerprint density at radius 1 is 1.05 bits per heavy atom. The van der Waals surface area contributed by atoms with Crippen LogP contribution < -0.4 is 15.2 Å². The Kier molecular flexibility index (Phi) is 4.10. The Hall–Kier alpha value is -2.27. The molecule has 0 aliphatic heterocycles. The lowest BCUT2D eigenvalue weighted by molar-refractivity contribution is 0.219. The number of aliphatic hydroxyl groups is 1. The molecule has 0 aromatic heterocycles. The van der Waals surface area contributed by atoms with Crippen LogP contribution in [0.25, 0.3) is 0 Å². The minimum atomic E-state index is -1.06. The van der Waals surface area contributed by atoms with Crippen molar-refractivity contribution in [2.45, 2.75) is 6.10 Å². The van der Waals surface area contributed by atoms with Crippen molar-refractivity contribution in [3.8, 4) is 11.5 Å². The van der Waals surface area contributed by atoms with Crippen molar-refractivity contribution in [1.29, 1.82) is 0 Å². The number of hydrogen-bond donors (Lipinski definition) is 2. The van der Waals surface area contributed by atoms with Crippen molar-refractivity contribution in [3.63, 3.8) is 0 Å². The van der Waals surface area contributed by atoms with Gasteiger partial charge in [-0.3, -0.25) is 0 Å². The molecule has 0 fully saturated rings. The lowest BCUT2D eigenvalue weighted by Gasteiger charge is -2.16. The quantitative estimate of drug-likeness (QED) is 0.843. The summed E-state index contributed by atoms with van der Waals surface area (Å²) in [4.78, 5) is 0. The Morgan fingerprint density at radius 3 is 2.20 bits per heavy atom. The number of anilines is 1. The summed E-state index contributed by atoms with van der Waals surface area (Å²) in [6, 6.07) is 8.87. The molecule has 0 aliphatic carbocycles. The maximum absolute atomic E-state index is 13.3. The third-order valence-electron chi connectivity index (χ3n) is 3.03. The third-order valence-corrected chi connectivity index (χ3v) is 3.03. The normalized spacial score (nSPS) is 12.0. The first-order chi connectivity index (χ1) is 9.55. The third kappa shape index (κ3) is 2.83. The molecule has 1 atom stereocenters. The summed E-state index contributed by atoms with van der Waals surface area (Å²) in [5, 5.41) is 10.4. The highest BCUT2D eigenvalue weighted by molar-refractivity contribution is 5.52. The molecule has 106 valence electrons. The Morgan fingerprint density at radius 2 is 1.65 bits per heavy atom. The fourth-order valence-corrected chi connectivity index (χ4v) is 1.95. The first-order valence-electron chi connectivity index (χ1n) is 6.01. The molecule has 0 saturated carbocycles. The summed E-state index contributed by atoms with van der Waals surface area (Å²) in [6.45, 7) is 0. The van der Waals surface area contributed by atoms with Crippen LogP contribution in [0.1, 0.15) is 17.2 Å². The molecule has 2 aromatic carbocycles.